The van der Waals surface area contributed by atoms with Gasteiger partial charge in [-0.05, 0) is 37.1 Å². The minimum Gasteiger partial charge on any atom is -0.466 e. The molecule has 1 aromatic carbocycles. The van der Waals surface area contributed by atoms with Crippen molar-refractivity contribution in [2.75, 3.05) is 6.61 Å². The minimum absolute atomic E-state index is 0.0588. The third-order valence-electron chi connectivity index (χ3n) is 3.53. The van der Waals surface area contributed by atoms with E-state index in [1.807, 2.05) is 31.2 Å². The number of halogens is 1. The van der Waals surface area contributed by atoms with Crippen molar-refractivity contribution >= 4 is 23.5 Å². The highest BCUT2D eigenvalue weighted by molar-refractivity contribution is 6.29. The molecule has 2 rings (SSSR count). The maximum absolute atomic E-state index is 12.5. The van der Waals surface area contributed by atoms with Gasteiger partial charge in [-0.15, -0.1) is 0 Å². The fourth-order valence-electron chi connectivity index (χ4n) is 2.39. The first-order valence-electron chi connectivity index (χ1n) is 7.64. The minimum atomic E-state index is -0.482. The first kappa shape index (κ1) is 17.9. The fraction of sp³-hybridized carbons (Fsp3) is 0.278. The number of nitrogens with one attached hydrogen (secondary N) is 1. The molecule has 0 spiro atoms. The largest absolute Gasteiger partial charge is 0.466 e. The molecule has 5 nitrogen and oxygen atoms in total. The van der Waals surface area contributed by atoms with Crippen LogP contribution in [0.25, 0.3) is 0 Å². The quantitative estimate of drug-likeness (QED) is 0.642. The molecule has 0 saturated carbocycles. The van der Waals surface area contributed by atoms with E-state index in [9.17, 15) is 9.59 Å². The van der Waals surface area contributed by atoms with Crippen LogP contribution >= 0.6 is 11.6 Å². The van der Waals surface area contributed by atoms with Gasteiger partial charge in [0.05, 0.1) is 19.1 Å². The van der Waals surface area contributed by atoms with E-state index >= 15 is 0 Å². The zero-order chi connectivity index (χ0) is 17.5. The number of ether oxygens (including phenoxy) is 1. The number of hydrogen-bond donors (Lipinski definition) is 1. The number of amides is 1. The molecule has 1 aromatic heterocycles. The summed E-state index contributed by atoms with van der Waals surface area (Å²) in [6.07, 6.45) is 1.52. The molecule has 0 aliphatic heterocycles. The van der Waals surface area contributed by atoms with Gasteiger partial charge in [-0.3, -0.25) is 9.59 Å². The topological polar surface area (TPSA) is 68.3 Å². The lowest BCUT2D eigenvalue weighted by Crippen LogP contribution is -2.31. The molecule has 0 unspecified atom stereocenters. The van der Waals surface area contributed by atoms with E-state index in [-0.39, 0.29) is 23.5 Å². The third-order valence-corrected chi connectivity index (χ3v) is 3.74. The smallest absolute Gasteiger partial charge is 0.308 e. The molecule has 1 amide bonds. The SMILES string of the molecule is CCOC(=O)C[C@H](NC(=O)c1ccnc(Cl)c1)c1ccccc1C. The number of pyridine rings is 1. The van der Waals surface area contributed by atoms with Gasteiger partial charge in [0.1, 0.15) is 5.15 Å². The standard InChI is InChI=1S/C18H19ClN2O3/c1-3-24-17(22)11-15(14-7-5-4-6-12(14)2)21-18(23)13-8-9-20-16(19)10-13/h4-10,15H,3,11H2,1-2H3,(H,21,23)/t15-/m0/s1. The second-order valence-electron chi connectivity index (χ2n) is 5.26. The van der Waals surface area contributed by atoms with E-state index in [1.54, 1.807) is 13.0 Å². The van der Waals surface area contributed by atoms with Crippen molar-refractivity contribution in [1.29, 1.82) is 0 Å². The lowest BCUT2D eigenvalue weighted by atomic mass is 9.98. The van der Waals surface area contributed by atoms with Crippen molar-refractivity contribution in [2.24, 2.45) is 0 Å². The molecule has 0 radical (unpaired) electrons. The summed E-state index contributed by atoms with van der Waals surface area (Å²) in [5.41, 5.74) is 2.25. The van der Waals surface area contributed by atoms with Crippen molar-refractivity contribution in [3.8, 4) is 0 Å². The van der Waals surface area contributed by atoms with Crippen molar-refractivity contribution in [2.45, 2.75) is 26.3 Å². The number of carbonyl (C=O) groups excluding carboxylic acids is 2. The highest BCUT2D eigenvalue weighted by Gasteiger charge is 2.21. The Morgan fingerprint density at radius 3 is 2.71 bits per heavy atom. The first-order chi connectivity index (χ1) is 11.5. The summed E-state index contributed by atoms with van der Waals surface area (Å²) in [6, 6.07) is 10.2. The average molecular weight is 347 g/mol. The number of aryl methyl sites for hydroxylation is 1. The predicted molar refractivity (Wildman–Crippen MR) is 91.9 cm³/mol. The van der Waals surface area contributed by atoms with Crippen LogP contribution in [-0.4, -0.2) is 23.5 Å². The Kier molecular flexibility index (Phi) is 6.32. The summed E-state index contributed by atoms with van der Waals surface area (Å²) < 4.78 is 5.02. The summed E-state index contributed by atoms with van der Waals surface area (Å²) >= 11 is 5.83. The highest BCUT2D eigenvalue weighted by Crippen LogP contribution is 2.22. The molecule has 1 atom stereocenters. The number of nitrogens with zero attached hydrogens (tertiary/aromatic N) is 1. The lowest BCUT2D eigenvalue weighted by Gasteiger charge is -2.20. The van der Waals surface area contributed by atoms with Gasteiger partial charge in [-0.1, -0.05) is 35.9 Å². The predicted octanol–water partition coefficient (Wildman–Crippen LogP) is 3.47. The van der Waals surface area contributed by atoms with E-state index in [4.69, 9.17) is 16.3 Å². The summed E-state index contributed by atoms with van der Waals surface area (Å²) in [5, 5.41) is 3.12. The molecule has 0 aliphatic rings. The van der Waals surface area contributed by atoms with Crippen LogP contribution in [0.4, 0.5) is 0 Å². The van der Waals surface area contributed by atoms with Crippen LogP contribution < -0.4 is 5.32 Å². The monoisotopic (exact) mass is 346 g/mol. The van der Waals surface area contributed by atoms with Crippen molar-refractivity contribution in [3.05, 3.63) is 64.4 Å². The third kappa shape index (κ3) is 4.80. The molecule has 6 heteroatoms. The fourth-order valence-corrected chi connectivity index (χ4v) is 2.56. The Morgan fingerprint density at radius 2 is 2.04 bits per heavy atom. The number of hydrogen-bond acceptors (Lipinski definition) is 4. The molecular formula is C18H19ClN2O3. The number of esters is 1. The molecule has 0 saturated heterocycles. The van der Waals surface area contributed by atoms with Gasteiger partial charge in [-0.25, -0.2) is 4.98 Å². The zero-order valence-electron chi connectivity index (χ0n) is 13.6. The highest BCUT2D eigenvalue weighted by atomic mass is 35.5. The number of rotatable bonds is 6. The average Bonchev–Trinajstić information content (AvgIpc) is 2.55. The van der Waals surface area contributed by atoms with Crippen LogP contribution in [-0.2, 0) is 9.53 Å². The van der Waals surface area contributed by atoms with Gasteiger partial charge in [-0.2, -0.15) is 0 Å². The second-order valence-corrected chi connectivity index (χ2v) is 5.65. The lowest BCUT2D eigenvalue weighted by molar-refractivity contribution is -0.143. The van der Waals surface area contributed by atoms with Crippen LogP contribution in [0.3, 0.4) is 0 Å². The molecule has 2 aromatic rings. The van der Waals surface area contributed by atoms with E-state index < -0.39 is 6.04 Å². The molecule has 0 aliphatic carbocycles. The molecular weight excluding hydrogens is 328 g/mol. The van der Waals surface area contributed by atoms with Crippen molar-refractivity contribution in [1.82, 2.24) is 10.3 Å². The van der Waals surface area contributed by atoms with Crippen molar-refractivity contribution < 1.29 is 14.3 Å². The molecule has 0 bridgehead atoms. The Balaban J connectivity index is 2.24. The van der Waals surface area contributed by atoms with Gasteiger partial charge >= 0.3 is 5.97 Å². The maximum atomic E-state index is 12.5. The molecule has 24 heavy (non-hydrogen) atoms. The van der Waals surface area contributed by atoms with Gasteiger partial charge in [0, 0.05) is 11.8 Å². The Bertz CT molecular complexity index is 734. The molecule has 1 heterocycles. The van der Waals surface area contributed by atoms with Gasteiger partial charge in [0.15, 0.2) is 0 Å². The van der Waals surface area contributed by atoms with Crippen LogP contribution in [0, 0.1) is 6.92 Å². The number of carbonyl (C=O) groups is 2. The molecule has 0 fully saturated rings. The van der Waals surface area contributed by atoms with Gasteiger partial charge in [0.2, 0.25) is 0 Å². The van der Waals surface area contributed by atoms with Gasteiger partial charge < -0.3 is 10.1 Å². The van der Waals surface area contributed by atoms with Crippen LogP contribution in [0.15, 0.2) is 42.6 Å². The second kappa shape index (κ2) is 8.45. The summed E-state index contributed by atoms with van der Waals surface area (Å²) in [5.74, 6) is -0.685. The molecule has 126 valence electrons. The first-order valence-corrected chi connectivity index (χ1v) is 8.02. The maximum Gasteiger partial charge on any atom is 0.308 e. The van der Waals surface area contributed by atoms with Gasteiger partial charge in [0.25, 0.3) is 5.91 Å². The van der Waals surface area contributed by atoms with E-state index in [0.717, 1.165) is 11.1 Å². The Hall–Kier alpha value is -2.40. The van der Waals surface area contributed by atoms with Crippen LogP contribution in [0.1, 0.15) is 40.9 Å². The Morgan fingerprint density at radius 1 is 1.29 bits per heavy atom. The summed E-state index contributed by atoms with van der Waals surface area (Å²) in [6.45, 7) is 3.98. The van der Waals surface area contributed by atoms with E-state index in [2.05, 4.69) is 10.3 Å². The number of aromatic nitrogens is 1. The normalized spacial score (nSPS) is 11.6. The Labute approximate surface area is 146 Å². The zero-order valence-corrected chi connectivity index (χ0v) is 14.3. The van der Waals surface area contributed by atoms with E-state index in [0.29, 0.717) is 12.2 Å². The van der Waals surface area contributed by atoms with Crippen molar-refractivity contribution in [3.63, 3.8) is 0 Å². The molecule has 1 N–H and O–H groups in total. The summed E-state index contributed by atoms with van der Waals surface area (Å²) in [7, 11) is 0. The van der Waals surface area contributed by atoms with Crippen LogP contribution in [0.2, 0.25) is 5.15 Å². The van der Waals surface area contributed by atoms with Crippen LogP contribution in [0.5, 0.6) is 0 Å². The summed E-state index contributed by atoms with van der Waals surface area (Å²) in [4.78, 5) is 28.2. The number of benzene rings is 1. The van der Waals surface area contributed by atoms with E-state index in [1.165, 1.54) is 12.3 Å².